The van der Waals surface area contributed by atoms with Crippen molar-refractivity contribution in [1.82, 2.24) is 24.6 Å². The SMILES string of the molecule is CN1CCN(C(=O)Cn2ncc3c([nH]c4ccccc43)c2=O)CC1. The van der Waals surface area contributed by atoms with Gasteiger partial charge in [0.25, 0.3) is 5.56 Å². The van der Waals surface area contributed by atoms with Crippen molar-refractivity contribution in [3.8, 4) is 0 Å². The fraction of sp³-hybridized carbons (Fsp3) is 0.353. The topological polar surface area (TPSA) is 74.2 Å². The van der Waals surface area contributed by atoms with Gasteiger partial charge in [-0.15, -0.1) is 0 Å². The first-order valence-corrected chi connectivity index (χ1v) is 8.06. The van der Waals surface area contributed by atoms with Gasteiger partial charge in [-0.25, -0.2) is 4.68 Å². The van der Waals surface area contributed by atoms with E-state index < -0.39 is 0 Å². The van der Waals surface area contributed by atoms with E-state index in [9.17, 15) is 9.59 Å². The molecule has 1 amide bonds. The van der Waals surface area contributed by atoms with Gasteiger partial charge in [-0.05, 0) is 13.1 Å². The maximum atomic E-state index is 12.7. The Morgan fingerprint density at radius 3 is 2.71 bits per heavy atom. The Labute approximate surface area is 138 Å². The Morgan fingerprint density at radius 2 is 1.92 bits per heavy atom. The molecule has 1 fully saturated rings. The number of piperazine rings is 1. The number of hydrogen-bond acceptors (Lipinski definition) is 4. The molecular weight excluding hydrogens is 306 g/mol. The third-order valence-electron chi connectivity index (χ3n) is 4.66. The molecular formula is C17H19N5O2. The minimum Gasteiger partial charge on any atom is -0.350 e. The second kappa shape index (κ2) is 5.76. The van der Waals surface area contributed by atoms with Gasteiger partial charge in [-0.2, -0.15) is 5.10 Å². The van der Waals surface area contributed by atoms with Gasteiger partial charge in [0.05, 0.1) is 6.20 Å². The van der Waals surface area contributed by atoms with E-state index in [0.29, 0.717) is 18.6 Å². The molecule has 0 radical (unpaired) electrons. The van der Waals surface area contributed by atoms with Gasteiger partial charge in [0, 0.05) is 42.5 Å². The Morgan fingerprint density at radius 1 is 1.17 bits per heavy atom. The van der Waals surface area contributed by atoms with Crippen molar-refractivity contribution in [3.63, 3.8) is 0 Å². The fourth-order valence-corrected chi connectivity index (χ4v) is 3.17. The van der Waals surface area contributed by atoms with Crippen LogP contribution in [0.15, 0.2) is 35.3 Å². The molecule has 2 aromatic heterocycles. The van der Waals surface area contributed by atoms with Crippen LogP contribution < -0.4 is 5.56 Å². The molecule has 0 bridgehead atoms. The van der Waals surface area contributed by atoms with Gasteiger partial charge in [-0.3, -0.25) is 9.59 Å². The summed E-state index contributed by atoms with van der Waals surface area (Å²) in [5, 5.41) is 5.96. The first kappa shape index (κ1) is 14.9. The lowest BCUT2D eigenvalue weighted by atomic mass is 10.2. The zero-order valence-corrected chi connectivity index (χ0v) is 13.5. The number of carbonyl (C=O) groups excluding carboxylic acids is 1. The number of rotatable bonds is 2. The maximum Gasteiger partial charge on any atom is 0.291 e. The predicted molar refractivity (Wildman–Crippen MR) is 91.9 cm³/mol. The summed E-state index contributed by atoms with van der Waals surface area (Å²) in [5.74, 6) is -0.0619. The van der Waals surface area contributed by atoms with Gasteiger partial charge in [0.15, 0.2) is 0 Å². The van der Waals surface area contributed by atoms with E-state index in [0.717, 1.165) is 29.4 Å². The lowest BCUT2D eigenvalue weighted by molar-refractivity contribution is -0.133. The van der Waals surface area contributed by atoms with Crippen LogP contribution in [0.4, 0.5) is 0 Å². The standard InChI is InChI=1S/C17H19N5O2/c1-20-6-8-21(9-7-20)15(23)11-22-17(24)16-13(10-18-22)12-4-2-3-5-14(12)19-16/h2-5,10,19H,6-9,11H2,1H3. The van der Waals surface area contributed by atoms with Crippen LogP contribution in [0.2, 0.25) is 0 Å². The van der Waals surface area contributed by atoms with Gasteiger partial charge in [-0.1, -0.05) is 18.2 Å². The molecule has 3 heterocycles. The summed E-state index contributed by atoms with van der Waals surface area (Å²) < 4.78 is 1.25. The number of H-pyrrole nitrogens is 1. The van der Waals surface area contributed by atoms with E-state index in [2.05, 4.69) is 15.0 Å². The first-order valence-electron chi connectivity index (χ1n) is 8.06. The molecule has 24 heavy (non-hydrogen) atoms. The predicted octanol–water partition coefficient (Wildman–Crippen LogP) is 0.652. The first-order chi connectivity index (χ1) is 11.6. The highest BCUT2D eigenvalue weighted by Crippen LogP contribution is 2.21. The number of nitrogens with zero attached hydrogens (tertiary/aromatic N) is 4. The van der Waals surface area contributed by atoms with Crippen LogP contribution in [0.5, 0.6) is 0 Å². The normalized spacial score (nSPS) is 16.1. The third-order valence-corrected chi connectivity index (χ3v) is 4.66. The number of aromatic nitrogens is 3. The number of hydrogen-bond donors (Lipinski definition) is 1. The number of fused-ring (bicyclic) bond motifs is 3. The number of benzene rings is 1. The Hall–Kier alpha value is -2.67. The Balaban J connectivity index is 1.65. The van der Waals surface area contributed by atoms with Crippen LogP contribution in [-0.2, 0) is 11.3 Å². The van der Waals surface area contributed by atoms with Crippen molar-refractivity contribution in [2.75, 3.05) is 33.2 Å². The van der Waals surface area contributed by atoms with Crippen molar-refractivity contribution in [2.24, 2.45) is 0 Å². The van der Waals surface area contributed by atoms with Crippen LogP contribution in [0.1, 0.15) is 0 Å². The van der Waals surface area contributed by atoms with Crippen molar-refractivity contribution >= 4 is 27.7 Å². The average Bonchev–Trinajstić information content (AvgIpc) is 2.97. The molecule has 0 spiro atoms. The minimum absolute atomic E-state index is 0.0200. The van der Waals surface area contributed by atoms with Crippen LogP contribution >= 0.6 is 0 Å². The molecule has 1 N–H and O–H groups in total. The minimum atomic E-state index is -0.258. The molecule has 1 aliphatic rings. The average molecular weight is 325 g/mol. The summed E-state index contributed by atoms with van der Waals surface area (Å²) in [6.45, 7) is 3.08. The smallest absolute Gasteiger partial charge is 0.291 e. The lowest BCUT2D eigenvalue weighted by Gasteiger charge is -2.32. The molecule has 0 saturated carbocycles. The van der Waals surface area contributed by atoms with Crippen molar-refractivity contribution in [3.05, 3.63) is 40.8 Å². The number of carbonyl (C=O) groups is 1. The van der Waals surface area contributed by atoms with Crippen LogP contribution in [0, 0.1) is 0 Å². The van der Waals surface area contributed by atoms with Crippen molar-refractivity contribution in [1.29, 1.82) is 0 Å². The quantitative estimate of drug-likeness (QED) is 0.751. The monoisotopic (exact) mass is 325 g/mol. The molecule has 3 aromatic rings. The second-order valence-corrected chi connectivity index (χ2v) is 6.25. The fourth-order valence-electron chi connectivity index (χ4n) is 3.17. The summed E-state index contributed by atoms with van der Waals surface area (Å²) in [4.78, 5) is 32.2. The van der Waals surface area contributed by atoms with Crippen LogP contribution in [0.3, 0.4) is 0 Å². The number of likely N-dealkylation sites (N-methyl/N-ethyl adjacent to an activating group) is 1. The molecule has 1 saturated heterocycles. The van der Waals surface area contributed by atoms with E-state index in [1.54, 1.807) is 11.1 Å². The highest BCUT2D eigenvalue weighted by Gasteiger charge is 2.20. The molecule has 4 rings (SSSR count). The van der Waals surface area contributed by atoms with Gasteiger partial charge in [0.2, 0.25) is 5.91 Å². The zero-order valence-electron chi connectivity index (χ0n) is 13.5. The van der Waals surface area contributed by atoms with Gasteiger partial charge >= 0.3 is 0 Å². The van der Waals surface area contributed by atoms with E-state index in [4.69, 9.17) is 0 Å². The maximum absolute atomic E-state index is 12.7. The number of nitrogens with one attached hydrogen (secondary N) is 1. The van der Waals surface area contributed by atoms with Crippen LogP contribution in [-0.4, -0.2) is 63.7 Å². The number of amides is 1. The molecule has 7 nitrogen and oxygen atoms in total. The Bertz CT molecular complexity index is 966. The molecule has 1 aromatic carbocycles. The summed E-state index contributed by atoms with van der Waals surface area (Å²) in [7, 11) is 2.04. The Kier molecular flexibility index (Phi) is 3.57. The summed E-state index contributed by atoms with van der Waals surface area (Å²) in [6.07, 6.45) is 1.66. The molecule has 0 aliphatic carbocycles. The molecule has 0 atom stereocenters. The molecule has 1 aliphatic heterocycles. The highest BCUT2D eigenvalue weighted by atomic mass is 16.2. The van der Waals surface area contributed by atoms with E-state index in [1.807, 2.05) is 31.3 Å². The third kappa shape index (κ3) is 2.46. The van der Waals surface area contributed by atoms with E-state index >= 15 is 0 Å². The van der Waals surface area contributed by atoms with E-state index in [1.165, 1.54) is 4.68 Å². The zero-order chi connectivity index (χ0) is 16.7. The molecule has 124 valence electrons. The molecule has 0 unspecified atom stereocenters. The number of aromatic amines is 1. The van der Waals surface area contributed by atoms with Gasteiger partial charge < -0.3 is 14.8 Å². The van der Waals surface area contributed by atoms with Gasteiger partial charge in [0.1, 0.15) is 12.1 Å². The molecule has 7 heteroatoms. The summed E-state index contributed by atoms with van der Waals surface area (Å²) in [6, 6.07) is 7.72. The summed E-state index contributed by atoms with van der Waals surface area (Å²) in [5.41, 5.74) is 1.14. The van der Waals surface area contributed by atoms with Crippen molar-refractivity contribution < 1.29 is 4.79 Å². The lowest BCUT2D eigenvalue weighted by Crippen LogP contribution is -2.48. The largest absolute Gasteiger partial charge is 0.350 e. The van der Waals surface area contributed by atoms with Crippen molar-refractivity contribution in [2.45, 2.75) is 6.54 Å². The second-order valence-electron chi connectivity index (χ2n) is 6.25. The number of para-hydroxylation sites is 1. The highest BCUT2D eigenvalue weighted by molar-refractivity contribution is 6.06. The van der Waals surface area contributed by atoms with Crippen LogP contribution in [0.25, 0.3) is 21.8 Å². The summed E-state index contributed by atoms with van der Waals surface area (Å²) >= 11 is 0. The van der Waals surface area contributed by atoms with E-state index in [-0.39, 0.29) is 18.0 Å².